The first-order valence-corrected chi connectivity index (χ1v) is 7.81. The van der Waals surface area contributed by atoms with Gasteiger partial charge in [0.05, 0.1) is 7.11 Å². The lowest BCUT2D eigenvalue weighted by Gasteiger charge is -2.05. The highest BCUT2D eigenvalue weighted by molar-refractivity contribution is 7.14. The molecule has 0 atom stereocenters. The zero-order chi connectivity index (χ0) is 15.2. The highest BCUT2D eigenvalue weighted by Gasteiger charge is 2.10. The molecule has 0 radical (unpaired) electrons. The molecular weight excluding hydrogens is 289 g/mol. The lowest BCUT2D eigenvalue weighted by molar-refractivity contribution is 0.386. The molecule has 1 N–H and O–H groups in total. The second-order valence-corrected chi connectivity index (χ2v) is 6.12. The van der Waals surface area contributed by atoms with Crippen LogP contribution in [0.25, 0.3) is 10.6 Å². The number of hydrogen-bond acceptors (Lipinski definition) is 5. The molecule has 0 unspecified atom stereocenters. The van der Waals surface area contributed by atoms with E-state index in [0.29, 0.717) is 6.04 Å². The molecule has 21 heavy (non-hydrogen) atoms. The van der Waals surface area contributed by atoms with E-state index in [1.165, 1.54) is 24.5 Å². The van der Waals surface area contributed by atoms with Gasteiger partial charge in [-0.1, -0.05) is 25.2 Å². The van der Waals surface area contributed by atoms with E-state index in [1.54, 1.807) is 12.1 Å². The van der Waals surface area contributed by atoms with Gasteiger partial charge in [0.2, 0.25) is 0 Å². The molecule has 0 fully saturated rings. The van der Waals surface area contributed by atoms with Crippen LogP contribution in [0.4, 0.5) is 4.39 Å². The van der Waals surface area contributed by atoms with Crippen LogP contribution in [-0.4, -0.2) is 29.9 Å². The largest absolute Gasteiger partial charge is 0.494 e. The van der Waals surface area contributed by atoms with E-state index < -0.39 is 0 Å². The van der Waals surface area contributed by atoms with Crippen LogP contribution in [0.15, 0.2) is 18.2 Å². The first-order chi connectivity index (χ1) is 10.1. The number of nitrogens with zero attached hydrogens (tertiary/aromatic N) is 2. The average Bonchev–Trinajstić information content (AvgIpc) is 2.92. The summed E-state index contributed by atoms with van der Waals surface area (Å²) in [6, 6.07) is 5.34. The molecule has 0 bridgehead atoms. The second kappa shape index (κ2) is 7.47. The number of hydrogen-bond donors (Lipinski definition) is 1. The van der Waals surface area contributed by atoms with Gasteiger partial charge < -0.3 is 10.1 Å². The van der Waals surface area contributed by atoms with Gasteiger partial charge in [0.25, 0.3) is 0 Å². The van der Waals surface area contributed by atoms with Gasteiger partial charge in [-0.2, -0.15) is 0 Å². The maximum absolute atomic E-state index is 13.7. The summed E-state index contributed by atoms with van der Waals surface area (Å²) in [4.78, 5) is 0. The van der Waals surface area contributed by atoms with E-state index in [0.717, 1.165) is 35.0 Å². The van der Waals surface area contributed by atoms with Crippen LogP contribution in [0, 0.1) is 5.82 Å². The minimum Gasteiger partial charge on any atom is -0.494 e. The minimum atomic E-state index is -0.382. The predicted molar refractivity (Wildman–Crippen MR) is 83.3 cm³/mol. The van der Waals surface area contributed by atoms with Crippen LogP contribution in [0.3, 0.4) is 0 Å². The van der Waals surface area contributed by atoms with Crippen molar-refractivity contribution in [2.24, 2.45) is 0 Å². The zero-order valence-corrected chi connectivity index (χ0v) is 13.3. The maximum atomic E-state index is 13.7. The fraction of sp³-hybridized carbons (Fsp3) is 0.467. The van der Waals surface area contributed by atoms with Gasteiger partial charge in [-0.05, 0) is 31.2 Å². The molecule has 6 heteroatoms. The quantitative estimate of drug-likeness (QED) is 0.797. The van der Waals surface area contributed by atoms with E-state index in [-0.39, 0.29) is 11.6 Å². The van der Waals surface area contributed by atoms with Crippen molar-refractivity contribution in [2.45, 2.75) is 32.7 Å². The summed E-state index contributed by atoms with van der Waals surface area (Å²) in [6.07, 6.45) is 1.90. The number of halogens is 1. The molecular formula is C15H20FN3OS. The summed E-state index contributed by atoms with van der Waals surface area (Å²) in [6.45, 7) is 5.21. The van der Waals surface area contributed by atoms with Crippen LogP contribution >= 0.6 is 11.3 Å². The van der Waals surface area contributed by atoms with E-state index in [1.807, 2.05) is 0 Å². The van der Waals surface area contributed by atoms with Gasteiger partial charge in [0.15, 0.2) is 11.6 Å². The average molecular weight is 309 g/mol. The standard InChI is InChI=1S/C15H20FN3OS/c1-10(2)17-8-4-5-14-18-19-15(21-14)11-6-7-13(20-3)12(16)9-11/h6-7,9-10,17H,4-5,8H2,1-3H3. The van der Waals surface area contributed by atoms with Crippen molar-refractivity contribution in [1.29, 1.82) is 0 Å². The first-order valence-electron chi connectivity index (χ1n) is 7.00. The van der Waals surface area contributed by atoms with Gasteiger partial charge >= 0.3 is 0 Å². The Morgan fingerprint density at radius 1 is 1.33 bits per heavy atom. The molecule has 1 aromatic carbocycles. The van der Waals surface area contributed by atoms with Crippen molar-refractivity contribution in [2.75, 3.05) is 13.7 Å². The Labute approximate surface area is 128 Å². The predicted octanol–water partition coefficient (Wildman–Crippen LogP) is 3.28. The number of ether oxygens (including phenoxy) is 1. The molecule has 0 spiro atoms. The van der Waals surface area contributed by atoms with Crippen LogP contribution in [-0.2, 0) is 6.42 Å². The molecule has 0 aliphatic carbocycles. The van der Waals surface area contributed by atoms with E-state index in [2.05, 4.69) is 29.4 Å². The molecule has 0 aliphatic heterocycles. The third kappa shape index (κ3) is 4.47. The van der Waals surface area contributed by atoms with E-state index >= 15 is 0 Å². The second-order valence-electron chi connectivity index (χ2n) is 5.06. The molecule has 2 rings (SSSR count). The summed E-state index contributed by atoms with van der Waals surface area (Å²) < 4.78 is 18.6. The zero-order valence-electron chi connectivity index (χ0n) is 12.5. The third-order valence-corrected chi connectivity index (χ3v) is 4.02. The SMILES string of the molecule is COc1ccc(-c2nnc(CCCNC(C)C)s2)cc1F. The van der Waals surface area contributed by atoms with Crippen molar-refractivity contribution in [3.63, 3.8) is 0 Å². The highest BCUT2D eigenvalue weighted by atomic mass is 32.1. The lowest BCUT2D eigenvalue weighted by Crippen LogP contribution is -2.23. The Morgan fingerprint density at radius 2 is 2.14 bits per heavy atom. The maximum Gasteiger partial charge on any atom is 0.165 e. The lowest BCUT2D eigenvalue weighted by atomic mass is 10.2. The number of methoxy groups -OCH3 is 1. The van der Waals surface area contributed by atoms with Crippen LogP contribution < -0.4 is 10.1 Å². The van der Waals surface area contributed by atoms with Gasteiger partial charge in [-0.3, -0.25) is 0 Å². The van der Waals surface area contributed by atoms with Crippen LogP contribution in [0.5, 0.6) is 5.75 Å². The van der Waals surface area contributed by atoms with Crippen molar-refractivity contribution in [3.8, 4) is 16.3 Å². The number of aromatic nitrogens is 2. The molecule has 2 aromatic rings. The fourth-order valence-corrected chi connectivity index (χ4v) is 2.78. The summed E-state index contributed by atoms with van der Waals surface area (Å²) in [5.41, 5.74) is 0.734. The Morgan fingerprint density at radius 3 is 2.81 bits per heavy atom. The summed E-state index contributed by atoms with van der Waals surface area (Å²) in [5.74, 6) is -0.142. The topological polar surface area (TPSA) is 47.0 Å². The number of benzene rings is 1. The number of rotatable bonds is 7. The van der Waals surface area contributed by atoms with Gasteiger partial charge in [0, 0.05) is 18.0 Å². The third-order valence-electron chi connectivity index (χ3n) is 2.99. The van der Waals surface area contributed by atoms with E-state index in [4.69, 9.17) is 4.74 Å². The normalized spacial score (nSPS) is 11.1. The molecule has 0 amide bonds. The van der Waals surface area contributed by atoms with Crippen molar-refractivity contribution < 1.29 is 9.13 Å². The summed E-state index contributed by atoms with van der Waals surface area (Å²) >= 11 is 1.51. The molecule has 0 saturated heterocycles. The summed E-state index contributed by atoms with van der Waals surface area (Å²) in [7, 11) is 1.45. The van der Waals surface area contributed by atoms with Crippen molar-refractivity contribution in [3.05, 3.63) is 29.0 Å². The van der Waals surface area contributed by atoms with Crippen molar-refractivity contribution >= 4 is 11.3 Å². The van der Waals surface area contributed by atoms with Gasteiger partial charge in [-0.15, -0.1) is 10.2 Å². The molecule has 4 nitrogen and oxygen atoms in total. The highest BCUT2D eigenvalue weighted by Crippen LogP contribution is 2.28. The first kappa shape index (κ1) is 15.9. The molecule has 0 aliphatic rings. The van der Waals surface area contributed by atoms with E-state index in [9.17, 15) is 4.39 Å². The van der Waals surface area contributed by atoms with Crippen LogP contribution in [0.1, 0.15) is 25.3 Å². The molecule has 114 valence electrons. The Bertz CT molecular complexity index is 586. The smallest absolute Gasteiger partial charge is 0.165 e. The monoisotopic (exact) mass is 309 g/mol. The summed E-state index contributed by atoms with van der Waals surface area (Å²) in [5, 5.41) is 13.4. The Kier molecular flexibility index (Phi) is 5.64. The number of aryl methyl sites for hydroxylation is 1. The Balaban J connectivity index is 1.97. The molecule has 1 heterocycles. The van der Waals surface area contributed by atoms with Gasteiger partial charge in [0.1, 0.15) is 10.0 Å². The fourth-order valence-electron chi connectivity index (χ4n) is 1.90. The molecule has 1 aromatic heterocycles. The van der Waals surface area contributed by atoms with Gasteiger partial charge in [-0.25, -0.2) is 4.39 Å². The number of nitrogens with one attached hydrogen (secondary N) is 1. The van der Waals surface area contributed by atoms with Crippen LogP contribution in [0.2, 0.25) is 0 Å². The molecule has 0 saturated carbocycles. The minimum absolute atomic E-state index is 0.239. The van der Waals surface area contributed by atoms with Crippen molar-refractivity contribution in [1.82, 2.24) is 15.5 Å². The Hall–Kier alpha value is -1.53.